The molecule has 0 saturated carbocycles. The number of nitrogens with two attached hydrogens (primary N) is 1. The van der Waals surface area contributed by atoms with Crippen molar-refractivity contribution in [2.45, 2.75) is 19.5 Å². The quantitative estimate of drug-likeness (QED) is 0.762. The molecule has 0 aliphatic rings. The Bertz CT molecular complexity index is 638. The third-order valence-corrected chi connectivity index (χ3v) is 4.02. The molecule has 92 valence electrons. The van der Waals surface area contributed by atoms with Gasteiger partial charge in [0.15, 0.2) is 0 Å². The zero-order valence-corrected chi connectivity index (χ0v) is 11.0. The zero-order chi connectivity index (χ0) is 12.4. The first kappa shape index (κ1) is 11.5. The molecule has 0 aliphatic heterocycles. The van der Waals surface area contributed by atoms with Crippen molar-refractivity contribution in [3.63, 3.8) is 0 Å². The smallest absolute Gasteiger partial charge is 0.0480 e. The molecule has 2 nitrogen and oxygen atoms in total. The molecule has 0 atom stereocenters. The van der Waals surface area contributed by atoms with Crippen molar-refractivity contribution in [3.05, 3.63) is 58.4 Å². The van der Waals surface area contributed by atoms with Crippen molar-refractivity contribution in [1.82, 2.24) is 4.57 Å². The van der Waals surface area contributed by atoms with Crippen LogP contribution in [0.15, 0.2) is 47.3 Å². The van der Waals surface area contributed by atoms with Crippen LogP contribution in [0.1, 0.15) is 11.1 Å². The fourth-order valence-electron chi connectivity index (χ4n) is 2.26. The van der Waals surface area contributed by atoms with Crippen LogP contribution in [0.5, 0.6) is 0 Å². The van der Waals surface area contributed by atoms with E-state index in [1.807, 2.05) is 0 Å². The van der Waals surface area contributed by atoms with Crippen molar-refractivity contribution in [1.29, 1.82) is 0 Å². The predicted molar refractivity (Wildman–Crippen MR) is 77.9 cm³/mol. The van der Waals surface area contributed by atoms with Crippen LogP contribution in [0.2, 0.25) is 0 Å². The highest BCUT2D eigenvalue weighted by atomic mass is 32.1. The Hall–Kier alpha value is -1.58. The molecule has 2 aromatic heterocycles. The van der Waals surface area contributed by atoms with Crippen LogP contribution in [0.3, 0.4) is 0 Å². The number of hydrogen-bond donors (Lipinski definition) is 1. The highest BCUT2D eigenvalue weighted by Gasteiger charge is 2.02. The van der Waals surface area contributed by atoms with Crippen molar-refractivity contribution >= 4 is 22.2 Å². The van der Waals surface area contributed by atoms with Crippen LogP contribution in [0.4, 0.5) is 0 Å². The van der Waals surface area contributed by atoms with Gasteiger partial charge in [0.2, 0.25) is 0 Å². The third kappa shape index (κ3) is 2.19. The van der Waals surface area contributed by atoms with Crippen LogP contribution in [-0.2, 0) is 19.5 Å². The molecule has 2 N–H and O–H groups in total. The minimum Gasteiger partial charge on any atom is -0.347 e. The van der Waals surface area contributed by atoms with Gasteiger partial charge in [0.25, 0.3) is 0 Å². The highest BCUT2D eigenvalue weighted by Crippen LogP contribution is 2.18. The summed E-state index contributed by atoms with van der Waals surface area (Å²) in [5.74, 6) is 0. The summed E-state index contributed by atoms with van der Waals surface area (Å²) in [7, 11) is 0. The number of rotatable bonds is 4. The lowest BCUT2D eigenvalue weighted by Gasteiger charge is -2.05. The largest absolute Gasteiger partial charge is 0.347 e. The van der Waals surface area contributed by atoms with E-state index in [0.29, 0.717) is 6.54 Å². The Labute approximate surface area is 111 Å². The Morgan fingerprint density at radius 3 is 2.83 bits per heavy atom. The van der Waals surface area contributed by atoms with E-state index in [-0.39, 0.29) is 0 Å². The summed E-state index contributed by atoms with van der Waals surface area (Å²) < 4.78 is 2.31. The molecular formula is C15H16N2S. The summed E-state index contributed by atoms with van der Waals surface area (Å²) in [5, 5.41) is 5.64. The first-order valence-electron chi connectivity index (χ1n) is 6.16. The summed E-state index contributed by atoms with van der Waals surface area (Å²) in [4.78, 5) is 0. The summed E-state index contributed by atoms with van der Waals surface area (Å²) in [6.07, 6.45) is 3.25. The van der Waals surface area contributed by atoms with E-state index in [4.69, 9.17) is 5.73 Å². The van der Waals surface area contributed by atoms with Gasteiger partial charge in [-0.15, -0.1) is 0 Å². The molecule has 1 aromatic carbocycles. The second kappa shape index (κ2) is 4.96. The van der Waals surface area contributed by atoms with Gasteiger partial charge in [0.1, 0.15) is 0 Å². The molecule has 3 aromatic rings. The molecule has 2 heterocycles. The van der Waals surface area contributed by atoms with Crippen LogP contribution < -0.4 is 5.73 Å². The van der Waals surface area contributed by atoms with E-state index in [1.165, 1.54) is 22.0 Å². The van der Waals surface area contributed by atoms with Gasteiger partial charge in [-0.3, -0.25) is 0 Å². The lowest BCUT2D eigenvalue weighted by molar-refractivity contribution is 0.724. The van der Waals surface area contributed by atoms with E-state index in [1.54, 1.807) is 11.3 Å². The van der Waals surface area contributed by atoms with Gasteiger partial charge in [-0.1, -0.05) is 6.07 Å². The molecule has 18 heavy (non-hydrogen) atoms. The van der Waals surface area contributed by atoms with Crippen molar-refractivity contribution in [2.75, 3.05) is 0 Å². The maximum absolute atomic E-state index is 5.66. The number of fused-ring (bicyclic) bond motifs is 1. The Morgan fingerprint density at radius 2 is 2.06 bits per heavy atom. The van der Waals surface area contributed by atoms with E-state index in [9.17, 15) is 0 Å². The zero-order valence-electron chi connectivity index (χ0n) is 10.2. The monoisotopic (exact) mass is 256 g/mol. The van der Waals surface area contributed by atoms with Crippen LogP contribution in [0, 0.1) is 0 Å². The average molecular weight is 256 g/mol. The minimum atomic E-state index is 0.607. The second-order valence-corrected chi connectivity index (χ2v) is 5.27. The SMILES string of the molecule is NCc1ccc2c(ccn2CCc2ccsc2)c1. The van der Waals surface area contributed by atoms with Gasteiger partial charge in [-0.25, -0.2) is 0 Å². The van der Waals surface area contributed by atoms with Crippen LogP contribution in [-0.4, -0.2) is 4.57 Å². The first-order valence-corrected chi connectivity index (χ1v) is 7.10. The Morgan fingerprint density at radius 1 is 1.11 bits per heavy atom. The standard InChI is InChI=1S/C15H16N2S/c16-10-13-1-2-15-14(9-13)4-7-17(15)6-3-12-5-8-18-11-12/h1-2,4-5,7-9,11H,3,6,10,16H2. The molecule has 3 heteroatoms. The molecule has 0 spiro atoms. The highest BCUT2D eigenvalue weighted by molar-refractivity contribution is 7.07. The topological polar surface area (TPSA) is 30.9 Å². The number of nitrogens with zero attached hydrogens (tertiary/aromatic N) is 1. The van der Waals surface area contributed by atoms with Gasteiger partial charge in [-0.2, -0.15) is 11.3 Å². The van der Waals surface area contributed by atoms with Crippen molar-refractivity contribution < 1.29 is 0 Å². The molecule has 0 bridgehead atoms. The average Bonchev–Trinajstić information content (AvgIpc) is 3.05. The van der Waals surface area contributed by atoms with Crippen molar-refractivity contribution in [3.8, 4) is 0 Å². The van der Waals surface area contributed by atoms with Crippen LogP contribution >= 0.6 is 11.3 Å². The predicted octanol–water partition coefficient (Wildman–Crippen LogP) is 3.40. The summed E-state index contributed by atoms with van der Waals surface area (Å²) >= 11 is 1.76. The number of aryl methyl sites for hydroxylation is 2. The molecule has 3 rings (SSSR count). The van der Waals surface area contributed by atoms with E-state index >= 15 is 0 Å². The molecule has 0 radical (unpaired) electrons. The summed E-state index contributed by atoms with van der Waals surface area (Å²) in [5.41, 5.74) is 9.57. The van der Waals surface area contributed by atoms with E-state index in [2.05, 4.69) is 51.9 Å². The van der Waals surface area contributed by atoms with E-state index in [0.717, 1.165) is 13.0 Å². The number of hydrogen-bond acceptors (Lipinski definition) is 2. The molecular weight excluding hydrogens is 240 g/mol. The maximum atomic E-state index is 5.66. The van der Waals surface area contributed by atoms with Gasteiger partial charge in [0, 0.05) is 24.8 Å². The first-order chi connectivity index (χ1) is 8.86. The molecule has 0 fully saturated rings. The van der Waals surface area contributed by atoms with Crippen molar-refractivity contribution in [2.24, 2.45) is 5.73 Å². The van der Waals surface area contributed by atoms with Gasteiger partial charge in [-0.05, 0) is 58.0 Å². The lowest BCUT2D eigenvalue weighted by Crippen LogP contribution is -1.99. The molecule has 0 saturated heterocycles. The van der Waals surface area contributed by atoms with Gasteiger partial charge < -0.3 is 10.3 Å². The number of aromatic nitrogens is 1. The number of thiophene rings is 1. The third-order valence-electron chi connectivity index (χ3n) is 3.29. The maximum Gasteiger partial charge on any atom is 0.0480 e. The minimum absolute atomic E-state index is 0.607. The fraction of sp³-hybridized carbons (Fsp3) is 0.200. The molecule has 0 aliphatic carbocycles. The van der Waals surface area contributed by atoms with Gasteiger partial charge in [0.05, 0.1) is 0 Å². The van der Waals surface area contributed by atoms with E-state index < -0.39 is 0 Å². The Kier molecular flexibility index (Phi) is 3.17. The molecule has 0 amide bonds. The number of benzene rings is 1. The normalized spacial score (nSPS) is 11.2. The Balaban J connectivity index is 1.84. The second-order valence-electron chi connectivity index (χ2n) is 4.49. The summed E-state index contributed by atoms with van der Waals surface area (Å²) in [6.45, 7) is 1.64. The van der Waals surface area contributed by atoms with Gasteiger partial charge >= 0.3 is 0 Å². The lowest BCUT2D eigenvalue weighted by atomic mass is 10.1. The van der Waals surface area contributed by atoms with Crippen LogP contribution in [0.25, 0.3) is 10.9 Å². The molecule has 0 unspecified atom stereocenters. The summed E-state index contributed by atoms with van der Waals surface area (Å²) in [6, 6.07) is 10.8. The fourth-order valence-corrected chi connectivity index (χ4v) is 2.96.